The molecule has 0 saturated carbocycles. The van der Waals surface area contributed by atoms with Gasteiger partial charge >= 0.3 is 0 Å². The molecule has 1 aliphatic heterocycles. The second-order valence-corrected chi connectivity index (χ2v) is 5.38. The van der Waals surface area contributed by atoms with Crippen LogP contribution in [0, 0.1) is 5.92 Å². The molecule has 0 radical (unpaired) electrons. The van der Waals surface area contributed by atoms with Crippen LogP contribution in [0.1, 0.15) is 30.5 Å². The third kappa shape index (κ3) is 2.29. The Labute approximate surface area is 113 Å². The monoisotopic (exact) mass is 260 g/mol. The van der Waals surface area contributed by atoms with Crippen molar-refractivity contribution in [3.05, 3.63) is 17.6 Å². The van der Waals surface area contributed by atoms with E-state index in [2.05, 4.69) is 20.2 Å². The van der Waals surface area contributed by atoms with Gasteiger partial charge in [0.1, 0.15) is 12.1 Å². The average Bonchev–Trinajstić information content (AvgIpc) is 2.95. The molecule has 0 bridgehead atoms. The minimum absolute atomic E-state index is 0.0965. The Morgan fingerprint density at radius 3 is 3.05 bits per heavy atom. The minimum Gasteiger partial charge on any atom is -0.359 e. The van der Waals surface area contributed by atoms with Crippen molar-refractivity contribution in [3.8, 4) is 0 Å². The summed E-state index contributed by atoms with van der Waals surface area (Å²) in [4.78, 5) is 22.8. The van der Waals surface area contributed by atoms with E-state index in [4.69, 9.17) is 0 Å². The molecule has 3 rings (SSSR count). The van der Waals surface area contributed by atoms with E-state index in [1.165, 1.54) is 24.1 Å². The Morgan fingerprint density at radius 2 is 2.21 bits per heavy atom. The predicted octanol–water partition coefficient (Wildman–Crippen LogP) is 0.928. The molecule has 1 N–H and O–H groups in total. The van der Waals surface area contributed by atoms with Crippen molar-refractivity contribution in [1.82, 2.24) is 15.3 Å². The average molecular weight is 260 g/mol. The minimum atomic E-state index is 0.0965. The zero-order chi connectivity index (χ0) is 13.2. The van der Waals surface area contributed by atoms with E-state index in [1.807, 2.05) is 0 Å². The summed E-state index contributed by atoms with van der Waals surface area (Å²) in [7, 11) is 1.71. The number of carbonyl (C=O) groups is 1. The molecule has 5 heteroatoms. The lowest BCUT2D eigenvalue weighted by Gasteiger charge is -2.24. The maximum Gasteiger partial charge on any atom is 0.224 e. The molecule has 0 spiro atoms. The molecule has 1 unspecified atom stereocenters. The van der Waals surface area contributed by atoms with Crippen molar-refractivity contribution in [1.29, 1.82) is 0 Å². The molecule has 5 nitrogen and oxygen atoms in total. The molecular formula is C14H20N4O. The number of aryl methyl sites for hydroxylation is 1. The highest BCUT2D eigenvalue weighted by Crippen LogP contribution is 2.30. The number of aromatic nitrogens is 2. The van der Waals surface area contributed by atoms with E-state index < -0.39 is 0 Å². The number of amides is 1. The number of carbonyl (C=O) groups excluding carboxylic acids is 1. The second kappa shape index (κ2) is 5.15. The summed E-state index contributed by atoms with van der Waals surface area (Å²) in [5.74, 6) is 1.31. The molecule has 0 aromatic carbocycles. The highest BCUT2D eigenvalue weighted by atomic mass is 16.1. The molecule has 1 aromatic rings. The van der Waals surface area contributed by atoms with Crippen molar-refractivity contribution < 1.29 is 4.79 Å². The Morgan fingerprint density at radius 1 is 1.37 bits per heavy atom. The van der Waals surface area contributed by atoms with Gasteiger partial charge in [-0.15, -0.1) is 0 Å². The fourth-order valence-corrected chi connectivity index (χ4v) is 3.15. The largest absolute Gasteiger partial charge is 0.359 e. The molecule has 1 amide bonds. The van der Waals surface area contributed by atoms with E-state index in [9.17, 15) is 4.79 Å². The van der Waals surface area contributed by atoms with Crippen LogP contribution >= 0.6 is 0 Å². The van der Waals surface area contributed by atoms with E-state index in [0.29, 0.717) is 0 Å². The Hall–Kier alpha value is -1.65. The lowest BCUT2D eigenvalue weighted by molar-refractivity contribution is -0.123. The summed E-state index contributed by atoms with van der Waals surface area (Å²) in [5, 5.41) is 2.74. The van der Waals surface area contributed by atoms with Crippen LogP contribution in [0.25, 0.3) is 0 Å². The van der Waals surface area contributed by atoms with E-state index in [-0.39, 0.29) is 11.8 Å². The lowest BCUT2D eigenvalue weighted by Crippen LogP contribution is -2.31. The molecule has 102 valence electrons. The van der Waals surface area contributed by atoms with Crippen molar-refractivity contribution in [3.63, 3.8) is 0 Å². The van der Waals surface area contributed by atoms with Gasteiger partial charge in [-0.1, -0.05) is 0 Å². The zero-order valence-electron chi connectivity index (χ0n) is 11.4. The van der Waals surface area contributed by atoms with Gasteiger partial charge in [0.25, 0.3) is 0 Å². The first-order chi connectivity index (χ1) is 9.29. The van der Waals surface area contributed by atoms with Gasteiger partial charge in [-0.2, -0.15) is 0 Å². The first kappa shape index (κ1) is 12.4. The highest BCUT2D eigenvalue weighted by Gasteiger charge is 2.30. The standard InChI is InChI=1S/C14H20N4O/c1-15-14(19)10-6-7-18(8-10)13-11-4-2-3-5-12(11)16-9-17-13/h9-10H,2-8H2,1H3,(H,15,19). The van der Waals surface area contributed by atoms with Gasteiger partial charge in [0, 0.05) is 31.4 Å². The molecule has 2 aliphatic rings. The summed E-state index contributed by atoms with van der Waals surface area (Å²) in [6, 6.07) is 0. The highest BCUT2D eigenvalue weighted by molar-refractivity contribution is 5.79. The summed E-state index contributed by atoms with van der Waals surface area (Å²) < 4.78 is 0. The Balaban J connectivity index is 1.82. The maximum atomic E-state index is 11.7. The normalized spacial score (nSPS) is 22.2. The predicted molar refractivity (Wildman–Crippen MR) is 73.1 cm³/mol. The fourth-order valence-electron chi connectivity index (χ4n) is 3.15. The van der Waals surface area contributed by atoms with Crippen molar-refractivity contribution in [2.75, 3.05) is 25.0 Å². The van der Waals surface area contributed by atoms with Gasteiger partial charge < -0.3 is 10.2 Å². The lowest BCUT2D eigenvalue weighted by atomic mass is 9.96. The van der Waals surface area contributed by atoms with Crippen molar-refractivity contribution >= 4 is 11.7 Å². The van der Waals surface area contributed by atoms with Gasteiger partial charge in [-0.3, -0.25) is 4.79 Å². The SMILES string of the molecule is CNC(=O)C1CCN(c2ncnc3c2CCCC3)C1. The summed E-state index contributed by atoms with van der Waals surface area (Å²) in [5.41, 5.74) is 2.52. The second-order valence-electron chi connectivity index (χ2n) is 5.38. The van der Waals surface area contributed by atoms with E-state index in [0.717, 1.165) is 38.2 Å². The van der Waals surface area contributed by atoms with Gasteiger partial charge in [-0.05, 0) is 32.1 Å². The number of hydrogen-bond donors (Lipinski definition) is 1. The van der Waals surface area contributed by atoms with Crippen LogP contribution in [-0.4, -0.2) is 36.0 Å². The first-order valence-corrected chi connectivity index (χ1v) is 7.09. The number of rotatable bonds is 2. The van der Waals surface area contributed by atoms with Gasteiger partial charge in [0.05, 0.1) is 5.92 Å². The van der Waals surface area contributed by atoms with Gasteiger partial charge in [0.2, 0.25) is 5.91 Å². The van der Waals surface area contributed by atoms with Crippen molar-refractivity contribution in [2.45, 2.75) is 32.1 Å². The topological polar surface area (TPSA) is 58.1 Å². The summed E-state index contributed by atoms with van der Waals surface area (Å²) in [6.45, 7) is 1.70. The van der Waals surface area contributed by atoms with Crippen LogP contribution < -0.4 is 10.2 Å². The van der Waals surface area contributed by atoms with E-state index >= 15 is 0 Å². The number of hydrogen-bond acceptors (Lipinski definition) is 4. The molecular weight excluding hydrogens is 240 g/mol. The number of nitrogens with zero attached hydrogens (tertiary/aromatic N) is 3. The van der Waals surface area contributed by atoms with Crippen molar-refractivity contribution in [2.24, 2.45) is 5.92 Å². The van der Waals surface area contributed by atoms with Crippen LogP contribution in [0.3, 0.4) is 0 Å². The first-order valence-electron chi connectivity index (χ1n) is 7.09. The van der Waals surface area contributed by atoms with Crippen LogP contribution in [0.2, 0.25) is 0 Å². The number of fused-ring (bicyclic) bond motifs is 1. The summed E-state index contributed by atoms with van der Waals surface area (Å²) >= 11 is 0. The zero-order valence-corrected chi connectivity index (χ0v) is 11.4. The fraction of sp³-hybridized carbons (Fsp3) is 0.643. The van der Waals surface area contributed by atoms with Crippen LogP contribution in [0.4, 0.5) is 5.82 Å². The molecule has 1 atom stereocenters. The number of nitrogens with one attached hydrogen (secondary N) is 1. The van der Waals surface area contributed by atoms with Gasteiger partial charge in [0.15, 0.2) is 0 Å². The quantitative estimate of drug-likeness (QED) is 0.859. The summed E-state index contributed by atoms with van der Waals surface area (Å²) in [6.07, 6.45) is 7.18. The molecule has 1 aromatic heterocycles. The molecule has 1 saturated heterocycles. The Bertz CT molecular complexity index is 488. The van der Waals surface area contributed by atoms with Crippen LogP contribution in [0.5, 0.6) is 0 Å². The van der Waals surface area contributed by atoms with Crippen LogP contribution in [-0.2, 0) is 17.6 Å². The molecule has 1 aliphatic carbocycles. The smallest absolute Gasteiger partial charge is 0.224 e. The van der Waals surface area contributed by atoms with Crippen LogP contribution in [0.15, 0.2) is 6.33 Å². The van der Waals surface area contributed by atoms with Gasteiger partial charge in [-0.25, -0.2) is 9.97 Å². The Kier molecular flexibility index (Phi) is 3.36. The van der Waals surface area contributed by atoms with E-state index in [1.54, 1.807) is 13.4 Å². The third-order valence-electron chi connectivity index (χ3n) is 4.21. The maximum absolute atomic E-state index is 11.7. The third-order valence-corrected chi connectivity index (χ3v) is 4.21. The molecule has 1 fully saturated rings. The number of anilines is 1. The molecule has 19 heavy (non-hydrogen) atoms. The molecule has 2 heterocycles.